The Labute approximate surface area is 82.1 Å². The predicted octanol–water partition coefficient (Wildman–Crippen LogP) is 2.33. The fourth-order valence-electron chi connectivity index (χ4n) is 0.936. The van der Waals surface area contributed by atoms with Gasteiger partial charge in [-0.3, -0.25) is 4.79 Å². The zero-order valence-corrected chi connectivity index (χ0v) is 8.39. The number of halogens is 1. The van der Waals surface area contributed by atoms with Crippen molar-refractivity contribution in [3.05, 3.63) is 23.7 Å². The summed E-state index contributed by atoms with van der Waals surface area (Å²) in [5, 5.41) is 2.43. The molecule has 0 bridgehead atoms. The largest absolute Gasteiger partial charge is 0.454 e. The van der Waals surface area contributed by atoms with Gasteiger partial charge in [0, 0.05) is 6.54 Å². The van der Waals surface area contributed by atoms with Crippen molar-refractivity contribution in [2.24, 2.45) is 0 Å². The maximum Gasteiger partial charge on any atom is 0.286 e. The molecule has 1 aromatic heterocycles. The molecule has 1 unspecified atom stereocenters. The Morgan fingerprint density at radius 2 is 2.38 bits per heavy atom. The summed E-state index contributed by atoms with van der Waals surface area (Å²) in [4.78, 5) is 11.2. The van der Waals surface area contributed by atoms with E-state index in [0.29, 0.717) is 18.1 Å². The van der Waals surface area contributed by atoms with Crippen LogP contribution in [0, 0.1) is 0 Å². The summed E-state index contributed by atoms with van der Waals surface area (Å²) >= 11 is 5.77. The number of furan rings is 1. The van der Waals surface area contributed by atoms with Gasteiger partial charge < -0.3 is 9.73 Å². The first-order valence-electron chi connectivity index (χ1n) is 4.17. The van der Waals surface area contributed by atoms with Crippen LogP contribution in [0.1, 0.15) is 35.5 Å². The summed E-state index contributed by atoms with van der Waals surface area (Å²) in [6, 6.07) is 3.33. The second kappa shape index (κ2) is 4.33. The Kier molecular flexibility index (Phi) is 3.37. The molecule has 1 rings (SSSR count). The number of carbonyl (C=O) groups excluding carboxylic acids is 1. The van der Waals surface area contributed by atoms with Crippen molar-refractivity contribution in [2.45, 2.75) is 19.2 Å². The van der Waals surface area contributed by atoms with Gasteiger partial charge in [-0.15, -0.1) is 11.6 Å². The summed E-state index contributed by atoms with van der Waals surface area (Å²) in [7, 11) is 0. The number of rotatable bonds is 3. The summed E-state index contributed by atoms with van der Waals surface area (Å²) in [5.41, 5.74) is 0. The van der Waals surface area contributed by atoms with E-state index < -0.39 is 0 Å². The zero-order chi connectivity index (χ0) is 9.84. The van der Waals surface area contributed by atoms with Gasteiger partial charge in [-0.25, -0.2) is 0 Å². The van der Waals surface area contributed by atoms with Crippen LogP contribution < -0.4 is 5.32 Å². The SMILES string of the molecule is CCNC(=O)c1ccc(C(C)Cl)o1. The van der Waals surface area contributed by atoms with E-state index in [1.165, 1.54) is 0 Å². The van der Waals surface area contributed by atoms with Crippen LogP contribution in [0.4, 0.5) is 0 Å². The van der Waals surface area contributed by atoms with Crippen molar-refractivity contribution in [2.75, 3.05) is 6.54 Å². The molecule has 0 aliphatic heterocycles. The highest BCUT2D eigenvalue weighted by Crippen LogP contribution is 2.21. The molecular weight excluding hydrogens is 190 g/mol. The first kappa shape index (κ1) is 10.1. The van der Waals surface area contributed by atoms with E-state index in [1.807, 2.05) is 6.92 Å². The number of carbonyl (C=O) groups is 1. The minimum Gasteiger partial charge on any atom is -0.454 e. The van der Waals surface area contributed by atoms with Crippen LogP contribution >= 0.6 is 11.6 Å². The van der Waals surface area contributed by atoms with Crippen LogP contribution in [0.2, 0.25) is 0 Å². The van der Waals surface area contributed by atoms with Crippen LogP contribution in [-0.4, -0.2) is 12.5 Å². The average molecular weight is 202 g/mol. The molecule has 1 atom stereocenters. The lowest BCUT2D eigenvalue weighted by Gasteiger charge is -1.98. The lowest BCUT2D eigenvalue weighted by molar-refractivity contribution is 0.0926. The second-order valence-corrected chi connectivity index (χ2v) is 3.33. The molecule has 0 fully saturated rings. The van der Waals surface area contributed by atoms with E-state index in [0.717, 1.165) is 0 Å². The van der Waals surface area contributed by atoms with Crippen molar-refractivity contribution < 1.29 is 9.21 Å². The van der Waals surface area contributed by atoms with Gasteiger partial charge in [0.05, 0.1) is 5.38 Å². The number of amides is 1. The smallest absolute Gasteiger partial charge is 0.286 e. The molecule has 0 spiro atoms. The first-order valence-corrected chi connectivity index (χ1v) is 4.60. The number of hydrogen-bond acceptors (Lipinski definition) is 2. The van der Waals surface area contributed by atoms with Crippen LogP contribution in [0.25, 0.3) is 0 Å². The molecule has 0 aliphatic carbocycles. The number of alkyl halides is 1. The van der Waals surface area contributed by atoms with Gasteiger partial charge >= 0.3 is 0 Å². The second-order valence-electron chi connectivity index (χ2n) is 2.68. The predicted molar refractivity (Wildman–Crippen MR) is 51.0 cm³/mol. The third-order valence-corrected chi connectivity index (χ3v) is 1.80. The highest BCUT2D eigenvalue weighted by atomic mass is 35.5. The number of nitrogens with one attached hydrogen (secondary N) is 1. The van der Waals surface area contributed by atoms with Crippen molar-refractivity contribution in [1.29, 1.82) is 0 Å². The zero-order valence-electron chi connectivity index (χ0n) is 7.63. The van der Waals surface area contributed by atoms with E-state index in [2.05, 4.69) is 5.32 Å². The monoisotopic (exact) mass is 201 g/mol. The van der Waals surface area contributed by atoms with Gasteiger partial charge in [0.2, 0.25) is 0 Å². The summed E-state index contributed by atoms with van der Waals surface area (Å²) in [6.45, 7) is 4.24. The van der Waals surface area contributed by atoms with Gasteiger partial charge in [-0.05, 0) is 26.0 Å². The number of hydrogen-bond donors (Lipinski definition) is 1. The third kappa shape index (κ3) is 2.49. The molecule has 72 valence electrons. The van der Waals surface area contributed by atoms with Gasteiger partial charge in [0.1, 0.15) is 5.76 Å². The highest BCUT2D eigenvalue weighted by Gasteiger charge is 2.12. The van der Waals surface area contributed by atoms with Crippen molar-refractivity contribution in [1.82, 2.24) is 5.32 Å². The van der Waals surface area contributed by atoms with Gasteiger partial charge in [-0.2, -0.15) is 0 Å². The lowest BCUT2D eigenvalue weighted by atomic mass is 10.3. The minimum absolute atomic E-state index is 0.203. The molecule has 0 saturated carbocycles. The molecular formula is C9H12ClNO2. The molecule has 0 radical (unpaired) electrons. The Hall–Kier alpha value is -0.960. The van der Waals surface area contributed by atoms with Crippen molar-refractivity contribution in [3.8, 4) is 0 Å². The molecule has 1 amide bonds. The molecule has 0 aliphatic rings. The Balaban J connectivity index is 2.73. The van der Waals surface area contributed by atoms with Gasteiger partial charge in [0.15, 0.2) is 5.76 Å². The lowest BCUT2D eigenvalue weighted by Crippen LogP contribution is -2.21. The molecule has 1 N–H and O–H groups in total. The average Bonchev–Trinajstić information content (AvgIpc) is 2.52. The van der Waals surface area contributed by atoms with E-state index in [9.17, 15) is 4.79 Å². The van der Waals surface area contributed by atoms with Crippen LogP contribution in [0.15, 0.2) is 16.5 Å². The summed E-state index contributed by atoms with van der Waals surface area (Å²) in [5.74, 6) is 0.721. The fraction of sp³-hybridized carbons (Fsp3) is 0.444. The van der Waals surface area contributed by atoms with Gasteiger partial charge in [0.25, 0.3) is 5.91 Å². The van der Waals surface area contributed by atoms with Crippen LogP contribution in [-0.2, 0) is 0 Å². The van der Waals surface area contributed by atoms with E-state index in [-0.39, 0.29) is 11.3 Å². The molecule has 1 aromatic rings. The molecule has 0 aromatic carbocycles. The topological polar surface area (TPSA) is 42.2 Å². The quantitative estimate of drug-likeness (QED) is 0.763. The molecule has 4 heteroatoms. The Morgan fingerprint density at radius 3 is 2.85 bits per heavy atom. The summed E-state index contributed by atoms with van der Waals surface area (Å²) in [6.07, 6.45) is 0. The van der Waals surface area contributed by atoms with Gasteiger partial charge in [-0.1, -0.05) is 0 Å². The van der Waals surface area contributed by atoms with Crippen molar-refractivity contribution in [3.63, 3.8) is 0 Å². The van der Waals surface area contributed by atoms with Crippen molar-refractivity contribution >= 4 is 17.5 Å². The maximum atomic E-state index is 11.2. The first-order chi connectivity index (χ1) is 6.15. The Bertz CT molecular complexity index is 294. The normalized spacial score (nSPS) is 12.5. The molecule has 13 heavy (non-hydrogen) atoms. The molecule has 0 saturated heterocycles. The van der Waals surface area contributed by atoms with E-state index in [1.54, 1.807) is 19.1 Å². The highest BCUT2D eigenvalue weighted by molar-refractivity contribution is 6.20. The molecule has 1 heterocycles. The van der Waals surface area contributed by atoms with E-state index >= 15 is 0 Å². The standard InChI is InChI=1S/C9H12ClNO2/c1-3-11-9(12)8-5-4-7(13-8)6(2)10/h4-6H,3H2,1-2H3,(H,11,12). The third-order valence-electron chi connectivity index (χ3n) is 1.58. The van der Waals surface area contributed by atoms with Crippen LogP contribution in [0.5, 0.6) is 0 Å². The fourth-order valence-corrected chi connectivity index (χ4v) is 1.05. The van der Waals surface area contributed by atoms with E-state index in [4.69, 9.17) is 16.0 Å². The Morgan fingerprint density at radius 1 is 1.69 bits per heavy atom. The minimum atomic E-state index is -0.205. The molecule has 3 nitrogen and oxygen atoms in total. The summed E-state index contributed by atoms with van der Waals surface area (Å²) < 4.78 is 5.22. The van der Waals surface area contributed by atoms with Crippen LogP contribution in [0.3, 0.4) is 0 Å². The maximum absolute atomic E-state index is 11.2.